The third kappa shape index (κ3) is 3.80. The van der Waals surface area contributed by atoms with Gasteiger partial charge in [0, 0.05) is 0 Å². The summed E-state index contributed by atoms with van der Waals surface area (Å²) in [4.78, 5) is 15.0. The molecule has 1 aromatic heterocycles. The summed E-state index contributed by atoms with van der Waals surface area (Å²) in [6.07, 6.45) is 0. The Labute approximate surface area is 138 Å². The zero-order valence-corrected chi connectivity index (χ0v) is 14.4. The van der Waals surface area contributed by atoms with E-state index in [0.29, 0.717) is 17.9 Å². The third-order valence-corrected chi connectivity index (χ3v) is 5.50. The van der Waals surface area contributed by atoms with Gasteiger partial charge in [-0.25, -0.2) is 18.2 Å². The fourth-order valence-electron chi connectivity index (χ4n) is 1.92. The first-order valence-electron chi connectivity index (χ1n) is 6.71. The quantitative estimate of drug-likeness (QED) is 0.824. The summed E-state index contributed by atoms with van der Waals surface area (Å²) in [5.41, 5.74) is 0.958. The topological polar surface area (TPSA) is 106 Å². The Morgan fingerprint density at radius 1 is 1.39 bits per heavy atom. The minimum Gasteiger partial charge on any atom is -0.494 e. The van der Waals surface area contributed by atoms with Gasteiger partial charge in [-0.1, -0.05) is 11.3 Å². The summed E-state index contributed by atoms with van der Waals surface area (Å²) in [5, 5.41) is 9.01. The molecule has 0 fully saturated rings. The zero-order valence-electron chi connectivity index (χ0n) is 12.8. The number of anilines is 1. The first-order chi connectivity index (χ1) is 10.7. The highest BCUT2D eigenvalue weighted by Gasteiger charge is 2.20. The van der Waals surface area contributed by atoms with Gasteiger partial charge in [-0.05, 0) is 44.5 Å². The molecule has 2 rings (SSSR count). The molecule has 2 N–H and O–H groups in total. The van der Waals surface area contributed by atoms with Crippen molar-refractivity contribution in [1.29, 1.82) is 0 Å². The smallest absolute Gasteiger partial charge is 0.347 e. The van der Waals surface area contributed by atoms with Gasteiger partial charge in [0.15, 0.2) is 5.13 Å². The Bertz CT molecular complexity index is 843. The standard InChI is InChI=1S/C14H16N2O5S2/c1-4-21-11-6-5-10(7-8(11)2)23(19,20)16-14-15-9(3)12(22-14)13(17)18/h5-7H,4H2,1-3H3,(H,15,16)(H,17,18). The summed E-state index contributed by atoms with van der Waals surface area (Å²) in [5.74, 6) is -0.521. The van der Waals surface area contributed by atoms with Crippen molar-refractivity contribution in [3.63, 3.8) is 0 Å². The predicted octanol–water partition coefficient (Wildman–Crippen LogP) is 2.66. The van der Waals surface area contributed by atoms with E-state index in [9.17, 15) is 13.2 Å². The maximum absolute atomic E-state index is 12.4. The van der Waals surface area contributed by atoms with Crippen LogP contribution in [0.1, 0.15) is 27.9 Å². The molecule has 1 heterocycles. The molecule has 124 valence electrons. The molecule has 0 bridgehead atoms. The molecular weight excluding hydrogens is 340 g/mol. The molecule has 0 aliphatic heterocycles. The molecule has 0 atom stereocenters. The number of thiazole rings is 1. The van der Waals surface area contributed by atoms with Crippen molar-refractivity contribution in [2.75, 3.05) is 11.3 Å². The largest absolute Gasteiger partial charge is 0.494 e. The summed E-state index contributed by atoms with van der Waals surface area (Å²) in [6, 6.07) is 4.51. The number of aromatic nitrogens is 1. The number of rotatable bonds is 6. The third-order valence-electron chi connectivity index (χ3n) is 2.97. The second-order valence-corrected chi connectivity index (χ2v) is 7.39. The summed E-state index contributed by atoms with van der Waals surface area (Å²) < 4.78 is 32.4. The molecule has 7 nitrogen and oxygen atoms in total. The second kappa shape index (κ2) is 6.55. The van der Waals surface area contributed by atoms with Crippen LogP contribution < -0.4 is 9.46 Å². The number of carbonyl (C=O) groups is 1. The van der Waals surface area contributed by atoms with Gasteiger partial charge in [0.2, 0.25) is 0 Å². The molecule has 2 aromatic rings. The second-order valence-electron chi connectivity index (χ2n) is 4.70. The number of carboxylic acids is 1. The highest BCUT2D eigenvalue weighted by molar-refractivity contribution is 7.93. The van der Waals surface area contributed by atoms with E-state index in [-0.39, 0.29) is 20.6 Å². The molecule has 1 aromatic carbocycles. The van der Waals surface area contributed by atoms with Crippen LogP contribution in [-0.2, 0) is 10.0 Å². The van der Waals surface area contributed by atoms with E-state index in [2.05, 4.69) is 9.71 Å². The van der Waals surface area contributed by atoms with Gasteiger partial charge < -0.3 is 9.84 Å². The fourth-order valence-corrected chi connectivity index (χ4v) is 4.04. The van der Waals surface area contributed by atoms with Crippen molar-refractivity contribution in [2.45, 2.75) is 25.7 Å². The SMILES string of the molecule is CCOc1ccc(S(=O)(=O)Nc2nc(C)c(C(=O)O)s2)cc1C. The Morgan fingerprint density at radius 3 is 2.61 bits per heavy atom. The van der Waals surface area contributed by atoms with Crippen LogP contribution in [0.4, 0.5) is 5.13 Å². The van der Waals surface area contributed by atoms with Crippen molar-refractivity contribution >= 4 is 32.5 Å². The average Bonchev–Trinajstić information content (AvgIpc) is 2.81. The lowest BCUT2D eigenvalue weighted by Gasteiger charge is -2.10. The van der Waals surface area contributed by atoms with E-state index < -0.39 is 16.0 Å². The number of aryl methyl sites for hydroxylation is 2. The number of nitrogens with zero attached hydrogens (tertiary/aromatic N) is 1. The number of ether oxygens (including phenoxy) is 1. The van der Waals surface area contributed by atoms with Gasteiger partial charge in [0.05, 0.1) is 17.2 Å². The number of hydrogen-bond acceptors (Lipinski definition) is 6. The molecule has 0 saturated carbocycles. The van der Waals surface area contributed by atoms with Gasteiger partial charge in [0.25, 0.3) is 10.0 Å². The highest BCUT2D eigenvalue weighted by Crippen LogP contribution is 2.27. The van der Waals surface area contributed by atoms with E-state index in [4.69, 9.17) is 9.84 Å². The average molecular weight is 356 g/mol. The van der Waals surface area contributed by atoms with Crippen molar-refractivity contribution in [2.24, 2.45) is 0 Å². The lowest BCUT2D eigenvalue weighted by molar-refractivity contribution is 0.0701. The maximum atomic E-state index is 12.4. The maximum Gasteiger partial charge on any atom is 0.347 e. The van der Waals surface area contributed by atoms with Crippen molar-refractivity contribution in [3.8, 4) is 5.75 Å². The molecular formula is C14H16N2O5S2. The fraction of sp³-hybridized carbons (Fsp3) is 0.286. The van der Waals surface area contributed by atoms with Crippen molar-refractivity contribution in [3.05, 3.63) is 34.3 Å². The molecule has 0 aliphatic rings. The van der Waals surface area contributed by atoms with Gasteiger partial charge in [-0.3, -0.25) is 4.72 Å². The molecule has 23 heavy (non-hydrogen) atoms. The lowest BCUT2D eigenvalue weighted by atomic mass is 10.2. The van der Waals surface area contributed by atoms with Crippen LogP contribution in [0.5, 0.6) is 5.75 Å². The van der Waals surface area contributed by atoms with Gasteiger partial charge in [-0.15, -0.1) is 0 Å². The van der Waals surface area contributed by atoms with Crippen LogP contribution in [0, 0.1) is 13.8 Å². The zero-order chi connectivity index (χ0) is 17.2. The molecule has 0 unspecified atom stereocenters. The molecule has 0 radical (unpaired) electrons. The summed E-state index contributed by atoms with van der Waals surface area (Å²) >= 11 is 0.779. The number of nitrogens with one attached hydrogen (secondary N) is 1. The van der Waals surface area contributed by atoms with E-state index in [1.54, 1.807) is 13.0 Å². The van der Waals surface area contributed by atoms with E-state index >= 15 is 0 Å². The van der Waals surface area contributed by atoms with Crippen LogP contribution in [0.25, 0.3) is 0 Å². The van der Waals surface area contributed by atoms with Crippen LogP contribution >= 0.6 is 11.3 Å². The summed E-state index contributed by atoms with van der Waals surface area (Å²) in [7, 11) is -3.85. The first-order valence-corrected chi connectivity index (χ1v) is 9.01. The minimum atomic E-state index is -3.85. The van der Waals surface area contributed by atoms with Crippen LogP contribution in [-0.4, -0.2) is 31.1 Å². The molecule has 9 heteroatoms. The normalized spacial score (nSPS) is 11.3. The molecule has 0 aliphatic carbocycles. The number of carboxylic acid groups (broad SMARTS) is 1. The van der Waals surface area contributed by atoms with E-state index in [1.165, 1.54) is 19.1 Å². The monoisotopic (exact) mass is 356 g/mol. The van der Waals surface area contributed by atoms with E-state index in [1.807, 2.05) is 6.92 Å². The lowest BCUT2D eigenvalue weighted by Crippen LogP contribution is -2.13. The van der Waals surface area contributed by atoms with E-state index in [0.717, 1.165) is 11.3 Å². The van der Waals surface area contributed by atoms with Gasteiger partial charge >= 0.3 is 5.97 Å². The Hall–Kier alpha value is -2.13. The number of sulfonamides is 1. The Kier molecular flexibility index (Phi) is 4.90. The first kappa shape index (κ1) is 17.2. The Balaban J connectivity index is 2.30. The van der Waals surface area contributed by atoms with Crippen molar-refractivity contribution < 1.29 is 23.1 Å². The number of benzene rings is 1. The minimum absolute atomic E-state index is 0.00516. The number of hydrogen-bond donors (Lipinski definition) is 2. The van der Waals surface area contributed by atoms with Crippen LogP contribution in [0.15, 0.2) is 23.1 Å². The molecule has 0 saturated heterocycles. The molecule has 0 amide bonds. The number of aromatic carboxylic acids is 1. The Morgan fingerprint density at radius 2 is 2.09 bits per heavy atom. The van der Waals surface area contributed by atoms with Crippen LogP contribution in [0.2, 0.25) is 0 Å². The predicted molar refractivity (Wildman–Crippen MR) is 87.0 cm³/mol. The summed E-state index contributed by atoms with van der Waals surface area (Å²) in [6.45, 7) is 5.59. The highest BCUT2D eigenvalue weighted by atomic mass is 32.2. The molecule has 0 spiro atoms. The van der Waals surface area contributed by atoms with Gasteiger partial charge in [0.1, 0.15) is 10.6 Å². The van der Waals surface area contributed by atoms with Crippen molar-refractivity contribution in [1.82, 2.24) is 4.98 Å². The van der Waals surface area contributed by atoms with Crippen LogP contribution in [0.3, 0.4) is 0 Å². The van der Waals surface area contributed by atoms with Gasteiger partial charge in [-0.2, -0.15) is 0 Å².